The molecule has 5 rings (SSSR count). The highest BCUT2D eigenvalue weighted by Gasteiger charge is 2.45. The van der Waals surface area contributed by atoms with E-state index in [4.69, 9.17) is 4.74 Å². The van der Waals surface area contributed by atoms with Crippen molar-refractivity contribution in [3.63, 3.8) is 0 Å². The van der Waals surface area contributed by atoms with E-state index in [0.29, 0.717) is 37.4 Å². The third kappa shape index (κ3) is 3.64. The number of hydrogen-bond acceptors (Lipinski definition) is 5. The minimum absolute atomic E-state index is 0.0321. The van der Waals surface area contributed by atoms with Gasteiger partial charge in [-0.25, -0.2) is 4.68 Å². The number of methoxy groups -OCH3 is 1. The lowest BCUT2D eigenvalue weighted by Gasteiger charge is -2.39. The van der Waals surface area contributed by atoms with Gasteiger partial charge >= 0.3 is 0 Å². The van der Waals surface area contributed by atoms with E-state index in [2.05, 4.69) is 5.10 Å². The van der Waals surface area contributed by atoms with Crippen LogP contribution in [0.2, 0.25) is 0 Å². The van der Waals surface area contributed by atoms with Crippen LogP contribution in [0.25, 0.3) is 5.69 Å². The van der Waals surface area contributed by atoms with E-state index in [-0.39, 0.29) is 22.9 Å². The number of para-hydroxylation sites is 1. The maximum Gasteiger partial charge on any atom is 0.273 e. The highest BCUT2D eigenvalue weighted by molar-refractivity contribution is 7.95. The quantitative estimate of drug-likeness (QED) is 0.519. The van der Waals surface area contributed by atoms with E-state index in [1.54, 1.807) is 28.9 Å². The normalized spacial score (nSPS) is 20.9. The van der Waals surface area contributed by atoms with Crippen LogP contribution >= 0.6 is 0 Å². The first-order valence-electron chi connectivity index (χ1n) is 11.4. The molecule has 3 aromatic rings. The Labute approximate surface area is 200 Å². The summed E-state index contributed by atoms with van der Waals surface area (Å²) in [6.07, 6.45) is 1.17. The molecule has 1 amide bonds. The first kappa shape index (κ1) is 22.8. The number of piperidine rings is 1. The Morgan fingerprint density at radius 2 is 1.79 bits per heavy atom. The van der Waals surface area contributed by atoms with Gasteiger partial charge in [-0.15, -0.1) is 4.31 Å². The number of nitrogens with zero attached hydrogens (tertiary/aromatic N) is 4. The van der Waals surface area contributed by atoms with Crippen LogP contribution < -0.4 is 4.74 Å². The average molecular weight is 481 g/mol. The van der Waals surface area contributed by atoms with Crippen molar-refractivity contribution < 1.29 is 18.3 Å². The molecule has 0 bridgehead atoms. The molecule has 0 spiro atoms. The second-order valence-electron chi connectivity index (χ2n) is 8.80. The van der Waals surface area contributed by atoms with Crippen molar-refractivity contribution in [1.29, 1.82) is 0 Å². The van der Waals surface area contributed by atoms with E-state index in [9.17, 15) is 13.6 Å². The molecule has 2 atom stereocenters. The zero-order valence-corrected chi connectivity index (χ0v) is 20.3. The van der Waals surface area contributed by atoms with Gasteiger partial charge in [0.15, 0.2) is 15.3 Å². The van der Waals surface area contributed by atoms with Crippen LogP contribution in [0.3, 0.4) is 0 Å². The van der Waals surface area contributed by atoms with Gasteiger partial charge < -0.3 is 14.2 Å². The Hall–Kier alpha value is -3.01. The number of aryl methyl sites for hydroxylation is 1. The van der Waals surface area contributed by atoms with Crippen LogP contribution in [0.4, 0.5) is 0 Å². The fourth-order valence-corrected chi connectivity index (χ4v) is 6.70. The van der Waals surface area contributed by atoms with Gasteiger partial charge in [0.2, 0.25) is 0 Å². The Balaban J connectivity index is 1.35. The maximum absolute atomic E-state index is 13.6. The first-order chi connectivity index (χ1) is 16.3. The zero-order valence-electron chi connectivity index (χ0n) is 19.5. The topological polar surface area (TPSA) is 90.7 Å². The Morgan fingerprint density at radius 1 is 1.09 bits per heavy atom. The third-order valence-corrected chi connectivity index (χ3v) is 8.77. The molecule has 2 aromatic carbocycles. The number of rotatable bonds is 5. The summed E-state index contributed by atoms with van der Waals surface area (Å²) in [5.74, 6) is 0.467. The maximum atomic E-state index is 13.6. The van der Waals surface area contributed by atoms with Crippen molar-refractivity contribution in [1.82, 2.24) is 19.0 Å². The number of aromatic nitrogens is 2. The number of ether oxygens (including phenoxy) is 1. The van der Waals surface area contributed by atoms with Gasteiger partial charge in [0.05, 0.1) is 24.5 Å². The number of carbonyl (C=O) groups excluding carboxylic acids is 1. The molecule has 0 N–H and O–H groups in total. The van der Waals surface area contributed by atoms with E-state index >= 15 is 0 Å². The van der Waals surface area contributed by atoms with Crippen LogP contribution in [-0.4, -0.2) is 55.7 Å². The molecule has 3 heterocycles. The van der Waals surface area contributed by atoms with Crippen LogP contribution in [0.15, 0.2) is 59.5 Å². The van der Waals surface area contributed by atoms with Crippen LogP contribution in [0.5, 0.6) is 5.75 Å². The average Bonchev–Trinajstić information content (AvgIpc) is 3.34. The van der Waals surface area contributed by atoms with E-state index in [0.717, 1.165) is 16.9 Å². The van der Waals surface area contributed by atoms with Crippen molar-refractivity contribution in [2.45, 2.75) is 43.7 Å². The largest absolute Gasteiger partial charge is 0.593 e. The minimum atomic E-state index is -3.63. The van der Waals surface area contributed by atoms with E-state index in [1.165, 1.54) is 11.4 Å². The second-order valence-corrected chi connectivity index (χ2v) is 10.7. The molecule has 178 valence electrons. The van der Waals surface area contributed by atoms with Gasteiger partial charge in [0.1, 0.15) is 11.4 Å². The Kier molecular flexibility index (Phi) is 5.79. The third-order valence-electron chi connectivity index (χ3n) is 6.88. The number of sulfonamides is 1. The van der Waals surface area contributed by atoms with Gasteiger partial charge in [0.25, 0.3) is 5.91 Å². The Bertz CT molecular complexity index is 1270. The molecular formula is C25H28N4O4S. The fraction of sp³-hybridized carbons (Fsp3) is 0.360. The van der Waals surface area contributed by atoms with Crippen LogP contribution in [0.1, 0.15) is 47.6 Å². The summed E-state index contributed by atoms with van der Waals surface area (Å²) in [4.78, 5) is 15.8. The van der Waals surface area contributed by atoms with E-state index < -0.39 is 10.4 Å². The fourth-order valence-electron chi connectivity index (χ4n) is 5.19. The molecule has 2 unspecified atom stereocenters. The highest BCUT2D eigenvalue weighted by Crippen LogP contribution is 2.40. The predicted octanol–water partition coefficient (Wildman–Crippen LogP) is 3.77. The zero-order chi connectivity index (χ0) is 24.0. The van der Waals surface area contributed by atoms with Crippen LogP contribution in [0, 0.1) is 6.92 Å². The molecule has 1 fully saturated rings. The molecule has 8 nitrogen and oxygen atoms in total. The number of hydrogen-bond donors (Lipinski definition) is 0. The molecule has 34 heavy (non-hydrogen) atoms. The summed E-state index contributed by atoms with van der Waals surface area (Å²) in [6, 6.07) is 16.1. The van der Waals surface area contributed by atoms with Gasteiger partial charge in [-0.1, -0.05) is 28.5 Å². The molecule has 9 heteroatoms. The molecule has 2 aliphatic rings. The number of benzene rings is 2. The van der Waals surface area contributed by atoms with Crippen molar-refractivity contribution in [3.05, 3.63) is 71.5 Å². The van der Waals surface area contributed by atoms with Gasteiger partial charge in [-0.05, 0) is 51.0 Å². The number of fused-ring (bicyclic) bond motifs is 1. The summed E-state index contributed by atoms with van der Waals surface area (Å²) >= 11 is 0. The lowest BCUT2D eigenvalue weighted by Crippen LogP contribution is -2.49. The summed E-state index contributed by atoms with van der Waals surface area (Å²) in [6.45, 7) is 4.70. The first-order valence-corrected chi connectivity index (χ1v) is 12.9. The monoisotopic (exact) mass is 480 g/mol. The lowest BCUT2D eigenvalue weighted by atomic mass is 10.0. The van der Waals surface area contributed by atoms with Gasteiger partial charge in [-0.3, -0.25) is 4.79 Å². The second kappa shape index (κ2) is 8.65. The minimum Gasteiger partial charge on any atom is -0.593 e. The SMILES string of the molecule is COc1cccc([S+](=O)([O-])N2CCC(N3C(=O)c4c(c(C)nn4-c4ccccc4)C3C)CC2)c1. The van der Waals surface area contributed by atoms with Crippen LogP contribution in [-0.2, 0) is 14.6 Å². The number of carbonyl (C=O) groups is 1. The summed E-state index contributed by atoms with van der Waals surface area (Å²) < 4.78 is 34.8. The lowest BCUT2D eigenvalue weighted by molar-refractivity contribution is 0.0559. The molecule has 0 radical (unpaired) electrons. The smallest absolute Gasteiger partial charge is 0.273 e. The summed E-state index contributed by atoms with van der Waals surface area (Å²) in [7, 11) is -2.11. The van der Waals surface area contributed by atoms with E-state index in [1.807, 2.05) is 49.1 Å². The number of amides is 1. The molecule has 2 aliphatic heterocycles. The standard InChI is InChI=1S/C25H28N4O4S/c1-17-23-18(2)28(25(30)24(23)29(26-17)20-8-5-4-6-9-20)19-12-14-27(15-13-19)34(31,32)22-11-7-10-21(16-22)33-3/h4-11,16,18-19H,12-15H2,1-3H3. The summed E-state index contributed by atoms with van der Waals surface area (Å²) in [5.41, 5.74) is 3.27. The molecule has 0 aliphatic carbocycles. The molecule has 0 saturated carbocycles. The van der Waals surface area contributed by atoms with Crippen molar-refractivity contribution in [3.8, 4) is 11.4 Å². The predicted molar refractivity (Wildman–Crippen MR) is 128 cm³/mol. The molecular weight excluding hydrogens is 452 g/mol. The van der Waals surface area contributed by atoms with Crippen molar-refractivity contribution >= 4 is 16.3 Å². The van der Waals surface area contributed by atoms with Gasteiger partial charge in [-0.2, -0.15) is 5.10 Å². The van der Waals surface area contributed by atoms with Gasteiger partial charge in [0, 0.05) is 30.8 Å². The molecule has 1 aromatic heterocycles. The summed E-state index contributed by atoms with van der Waals surface area (Å²) in [5, 5.41) is 4.65. The molecule has 1 saturated heterocycles. The Morgan fingerprint density at radius 3 is 2.47 bits per heavy atom. The van der Waals surface area contributed by atoms with Crippen molar-refractivity contribution in [2.24, 2.45) is 0 Å². The highest BCUT2D eigenvalue weighted by atomic mass is 32.3. The van der Waals surface area contributed by atoms with Crippen molar-refractivity contribution in [2.75, 3.05) is 20.2 Å².